The largest absolute Gasteiger partial charge is 0.370 e. The monoisotopic (exact) mass is 376 g/mol. The van der Waals surface area contributed by atoms with Crippen molar-refractivity contribution in [1.82, 2.24) is 15.6 Å². The zero-order valence-corrected chi connectivity index (χ0v) is 16.6. The highest BCUT2D eigenvalue weighted by molar-refractivity contribution is 5.94. The van der Waals surface area contributed by atoms with Crippen LogP contribution in [-0.2, 0) is 11.2 Å². The van der Waals surface area contributed by atoms with Gasteiger partial charge in [0, 0.05) is 30.4 Å². The summed E-state index contributed by atoms with van der Waals surface area (Å²) in [6.45, 7) is 8.08. The smallest absolute Gasteiger partial charge is 0.253 e. The molecule has 0 aromatic carbocycles. The molecule has 0 fully saturated rings. The summed E-state index contributed by atoms with van der Waals surface area (Å²) in [5, 5.41) is 12.7. The summed E-state index contributed by atoms with van der Waals surface area (Å²) in [4.78, 5) is 28.9. The highest BCUT2D eigenvalue weighted by Crippen LogP contribution is 2.14. The van der Waals surface area contributed by atoms with Gasteiger partial charge in [0.25, 0.3) is 5.91 Å². The number of ketones is 1. The first kappa shape index (κ1) is 22.6. The average Bonchev–Trinajstić information content (AvgIpc) is 2.56. The number of amides is 1. The minimum absolute atomic E-state index is 0.0256. The van der Waals surface area contributed by atoms with E-state index in [4.69, 9.17) is 16.9 Å². The number of nitrogens with one attached hydrogen (secondary N) is 3. The summed E-state index contributed by atoms with van der Waals surface area (Å²) in [6, 6.07) is 1.20. The molecule has 0 aliphatic heterocycles. The molecule has 0 radical (unpaired) electrons. The minimum Gasteiger partial charge on any atom is -0.370 e. The SMILES string of the molecule is CC(Cc1cncc(C(=O)NC(C)(C)C)c1)C(=O)[C@@H](N)CCCNC(=N)N. The molecule has 27 heavy (non-hydrogen) atoms. The fourth-order valence-electron chi connectivity index (χ4n) is 2.64. The second-order valence-electron chi connectivity index (χ2n) is 7.88. The quantitative estimate of drug-likeness (QED) is 0.246. The van der Waals surface area contributed by atoms with E-state index in [2.05, 4.69) is 15.6 Å². The molecule has 7 N–H and O–H groups in total. The van der Waals surface area contributed by atoms with Crippen LogP contribution in [-0.4, -0.2) is 40.8 Å². The Labute approximate surface area is 161 Å². The Balaban J connectivity index is 2.61. The number of Topliss-reactive ketones (excluding diaryl/α,β-unsaturated/α-hetero) is 1. The minimum atomic E-state index is -0.561. The Kier molecular flexibility index (Phi) is 8.36. The van der Waals surface area contributed by atoms with Crippen LogP contribution in [0.2, 0.25) is 0 Å². The van der Waals surface area contributed by atoms with Crippen molar-refractivity contribution in [3.8, 4) is 0 Å². The topological polar surface area (TPSA) is 147 Å². The van der Waals surface area contributed by atoms with Crippen molar-refractivity contribution >= 4 is 17.6 Å². The zero-order chi connectivity index (χ0) is 20.6. The molecule has 0 bridgehead atoms. The van der Waals surface area contributed by atoms with Gasteiger partial charge in [-0.2, -0.15) is 0 Å². The van der Waals surface area contributed by atoms with Crippen LogP contribution in [0, 0.1) is 11.3 Å². The van der Waals surface area contributed by atoms with Gasteiger partial charge in [-0.1, -0.05) is 6.92 Å². The van der Waals surface area contributed by atoms with E-state index in [1.807, 2.05) is 27.7 Å². The van der Waals surface area contributed by atoms with E-state index in [0.717, 1.165) is 5.56 Å². The molecule has 0 spiro atoms. The summed E-state index contributed by atoms with van der Waals surface area (Å²) in [5.74, 6) is -0.581. The highest BCUT2D eigenvalue weighted by Gasteiger charge is 2.21. The highest BCUT2D eigenvalue weighted by atomic mass is 16.1. The second kappa shape index (κ2) is 10.0. The summed E-state index contributed by atoms with van der Waals surface area (Å²) in [6.07, 6.45) is 4.84. The Hall–Kier alpha value is -2.48. The summed E-state index contributed by atoms with van der Waals surface area (Å²) < 4.78 is 0. The maximum Gasteiger partial charge on any atom is 0.253 e. The second-order valence-corrected chi connectivity index (χ2v) is 7.88. The molecule has 1 aromatic heterocycles. The van der Waals surface area contributed by atoms with Crippen molar-refractivity contribution < 1.29 is 9.59 Å². The Morgan fingerprint density at radius 1 is 1.30 bits per heavy atom. The van der Waals surface area contributed by atoms with Gasteiger partial charge < -0.3 is 22.1 Å². The number of hydrogen-bond acceptors (Lipinski definition) is 5. The van der Waals surface area contributed by atoms with Crippen molar-refractivity contribution in [3.05, 3.63) is 29.6 Å². The third kappa shape index (κ3) is 8.63. The van der Waals surface area contributed by atoms with Crippen molar-refractivity contribution in [3.63, 3.8) is 0 Å². The Morgan fingerprint density at radius 2 is 1.96 bits per heavy atom. The van der Waals surface area contributed by atoms with Gasteiger partial charge in [0.05, 0.1) is 11.6 Å². The molecule has 8 nitrogen and oxygen atoms in total. The van der Waals surface area contributed by atoms with E-state index < -0.39 is 6.04 Å². The van der Waals surface area contributed by atoms with E-state index in [0.29, 0.717) is 31.4 Å². The van der Waals surface area contributed by atoms with Crippen LogP contribution >= 0.6 is 0 Å². The molecule has 0 aliphatic carbocycles. The molecule has 1 heterocycles. The molecule has 1 aromatic rings. The zero-order valence-electron chi connectivity index (χ0n) is 16.6. The number of nitrogens with zero attached hydrogens (tertiary/aromatic N) is 1. The van der Waals surface area contributed by atoms with Crippen LogP contribution in [0.5, 0.6) is 0 Å². The van der Waals surface area contributed by atoms with Gasteiger partial charge in [0.2, 0.25) is 0 Å². The van der Waals surface area contributed by atoms with Crippen molar-refractivity contribution in [1.29, 1.82) is 5.41 Å². The fraction of sp³-hybridized carbons (Fsp3) is 0.579. The number of pyridine rings is 1. The van der Waals surface area contributed by atoms with E-state index in [1.165, 1.54) is 6.20 Å². The first-order chi connectivity index (χ1) is 12.5. The molecule has 0 saturated heterocycles. The van der Waals surface area contributed by atoms with E-state index in [-0.39, 0.29) is 29.1 Å². The number of nitrogens with two attached hydrogens (primary N) is 2. The Bertz CT molecular complexity index is 668. The van der Waals surface area contributed by atoms with Gasteiger partial charge >= 0.3 is 0 Å². The van der Waals surface area contributed by atoms with Crippen LogP contribution in [0.25, 0.3) is 0 Å². The number of rotatable bonds is 9. The Morgan fingerprint density at radius 3 is 2.56 bits per heavy atom. The van der Waals surface area contributed by atoms with Gasteiger partial charge in [0.15, 0.2) is 11.7 Å². The standard InChI is InChI=1S/C19H32N6O2/c1-12(16(26)15(20)6-5-7-24-18(21)22)8-13-9-14(11-23-10-13)17(27)25-19(2,3)4/h9-12,15H,5-8,20H2,1-4H3,(H,25,27)(H4,21,22,24)/t12?,15-/m0/s1. The predicted octanol–water partition coefficient (Wildman–Crippen LogP) is 0.948. The van der Waals surface area contributed by atoms with Gasteiger partial charge in [-0.25, -0.2) is 0 Å². The lowest BCUT2D eigenvalue weighted by atomic mass is 9.91. The van der Waals surface area contributed by atoms with Crippen LogP contribution in [0.3, 0.4) is 0 Å². The lowest BCUT2D eigenvalue weighted by molar-refractivity contribution is -0.123. The first-order valence-corrected chi connectivity index (χ1v) is 9.13. The first-order valence-electron chi connectivity index (χ1n) is 9.13. The molecular weight excluding hydrogens is 344 g/mol. The number of carbonyl (C=O) groups excluding carboxylic acids is 2. The molecule has 1 unspecified atom stereocenters. The molecule has 8 heteroatoms. The molecule has 150 valence electrons. The lowest BCUT2D eigenvalue weighted by Gasteiger charge is -2.20. The number of aromatic nitrogens is 1. The van der Waals surface area contributed by atoms with Crippen LogP contribution in [0.4, 0.5) is 0 Å². The van der Waals surface area contributed by atoms with E-state index in [1.54, 1.807) is 12.3 Å². The van der Waals surface area contributed by atoms with Gasteiger partial charge in [-0.3, -0.25) is 20.0 Å². The van der Waals surface area contributed by atoms with Crippen LogP contribution < -0.4 is 22.1 Å². The number of guanidine groups is 1. The van der Waals surface area contributed by atoms with Crippen LogP contribution in [0.15, 0.2) is 18.5 Å². The fourth-order valence-corrected chi connectivity index (χ4v) is 2.64. The summed E-state index contributed by atoms with van der Waals surface area (Å²) in [7, 11) is 0. The maximum atomic E-state index is 12.5. The lowest BCUT2D eigenvalue weighted by Crippen LogP contribution is -2.40. The van der Waals surface area contributed by atoms with E-state index >= 15 is 0 Å². The van der Waals surface area contributed by atoms with Crippen molar-refractivity contribution in [2.24, 2.45) is 17.4 Å². The maximum absolute atomic E-state index is 12.5. The van der Waals surface area contributed by atoms with Crippen molar-refractivity contribution in [2.45, 2.75) is 58.5 Å². The van der Waals surface area contributed by atoms with Crippen LogP contribution in [0.1, 0.15) is 56.5 Å². The molecule has 2 atom stereocenters. The molecule has 1 amide bonds. The average molecular weight is 377 g/mol. The molecule has 0 saturated carbocycles. The summed E-state index contributed by atoms with van der Waals surface area (Å²) in [5.41, 5.74) is 12.2. The molecule has 0 aliphatic rings. The molecular formula is C19H32N6O2. The predicted molar refractivity (Wildman–Crippen MR) is 106 cm³/mol. The van der Waals surface area contributed by atoms with E-state index in [9.17, 15) is 9.59 Å². The van der Waals surface area contributed by atoms with Gasteiger partial charge in [0.1, 0.15) is 0 Å². The normalized spacial score (nSPS) is 13.5. The number of carbonyl (C=O) groups is 2. The molecule has 1 rings (SSSR count). The third-order valence-electron chi connectivity index (χ3n) is 3.95. The van der Waals surface area contributed by atoms with Gasteiger partial charge in [-0.15, -0.1) is 0 Å². The third-order valence-corrected chi connectivity index (χ3v) is 3.95. The van der Waals surface area contributed by atoms with Crippen molar-refractivity contribution in [2.75, 3.05) is 6.54 Å². The summed E-state index contributed by atoms with van der Waals surface area (Å²) >= 11 is 0. The number of hydrogen-bond donors (Lipinski definition) is 5. The van der Waals surface area contributed by atoms with Gasteiger partial charge in [-0.05, 0) is 51.7 Å².